The molecule has 3 heterocycles. The van der Waals surface area contributed by atoms with Crippen LogP contribution in [0.2, 0.25) is 10.0 Å². The molecule has 2 aromatic heterocycles. The molecule has 8 nitrogen and oxygen atoms in total. The zero-order valence-electron chi connectivity index (χ0n) is 16.6. The van der Waals surface area contributed by atoms with E-state index in [2.05, 4.69) is 15.4 Å². The second-order valence-corrected chi connectivity index (χ2v) is 10.5. The summed E-state index contributed by atoms with van der Waals surface area (Å²) in [6, 6.07) is 6.53. The highest BCUT2D eigenvalue weighted by atomic mass is 35.5. The Labute approximate surface area is 189 Å². The molecule has 4 rings (SSSR count). The van der Waals surface area contributed by atoms with Crippen LogP contribution in [-0.4, -0.2) is 40.6 Å². The van der Waals surface area contributed by atoms with E-state index in [1.165, 1.54) is 0 Å². The van der Waals surface area contributed by atoms with Crippen molar-refractivity contribution in [3.05, 3.63) is 52.1 Å². The summed E-state index contributed by atoms with van der Waals surface area (Å²) in [5.41, 5.74) is 1.37. The summed E-state index contributed by atoms with van der Waals surface area (Å²) in [5, 5.41) is 8.16. The predicted molar refractivity (Wildman–Crippen MR) is 118 cm³/mol. The molecule has 3 aromatic rings. The van der Waals surface area contributed by atoms with Crippen molar-refractivity contribution in [2.45, 2.75) is 32.2 Å². The third kappa shape index (κ3) is 5.11. The standard InChI is InChI=1S/C20H20Cl2N4O4S/c1-12-8-18(26(25-12)14-6-7-31(28,29)11-14)24-19(27)4-5-20-23-10-17(30-20)15-3-2-13(21)9-16(15)22/h2-3,8-10,14H,4-7,11H2,1H3,(H,24,27). The lowest BCUT2D eigenvalue weighted by Crippen LogP contribution is -2.19. The number of hydrogen-bond donors (Lipinski definition) is 1. The van der Waals surface area contributed by atoms with Crippen molar-refractivity contribution in [3.63, 3.8) is 0 Å². The largest absolute Gasteiger partial charge is 0.441 e. The van der Waals surface area contributed by atoms with Gasteiger partial charge in [-0.3, -0.25) is 4.79 Å². The van der Waals surface area contributed by atoms with Gasteiger partial charge in [0.05, 0.1) is 34.5 Å². The lowest BCUT2D eigenvalue weighted by molar-refractivity contribution is -0.116. The Morgan fingerprint density at radius 3 is 2.84 bits per heavy atom. The Hall–Kier alpha value is -2.36. The van der Waals surface area contributed by atoms with E-state index >= 15 is 0 Å². The summed E-state index contributed by atoms with van der Waals surface area (Å²) < 4.78 is 30.9. The summed E-state index contributed by atoms with van der Waals surface area (Å²) in [7, 11) is -3.06. The second kappa shape index (κ2) is 8.64. The van der Waals surface area contributed by atoms with E-state index in [-0.39, 0.29) is 29.9 Å². The lowest BCUT2D eigenvalue weighted by atomic mass is 10.2. The fourth-order valence-corrected chi connectivity index (χ4v) is 5.72. The molecular formula is C20H20Cl2N4O4S. The molecular weight excluding hydrogens is 463 g/mol. The van der Waals surface area contributed by atoms with Gasteiger partial charge in [0, 0.05) is 29.5 Å². The molecule has 1 N–H and O–H groups in total. The number of benzene rings is 1. The maximum Gasteiger partial charge on any atom is 0.226 e. The van der Waals surface area contributed by atoms with Crippen molar-refractivity contribution in [2.24, 2.45) is 0 Å². The third-order valence-electron chi connectivity index (χ3n) is 5.00. The molecule has 1 fully saturated rings. The molecule has 0 bridgehead atoms. The van der Waals surface area contributed by atoms with Crippen LogP contribution in [-0.2, 0) is 21.1 Å². The first-order chi connectivity index (χ1) is 14.7. The van der Waals surface area contributed by atoms with Gasteiger partial charge in [-0.2, -0.15) is 5.10 Å². The van der Waals surface area contributed by atoms with Crippen LogP contribution < -0.4 is 5.32 Å². The van der Waals surface area contributed by atoms with Gasteiger partial charge in [0.1, 0.15) is 5.82 Å². The first kappa shape index (κ1) is 21.9. The van der Waals surface area contributed by atoms with Crippen LogP contribution in [0.3, 0.4) is 0 Å². The number of nitrogens with zero attached hydrogens (tertiary/aromatic N) is 3. The summed E-state index contributed by atoms with van der Waals surface area (Å²) in [6.07, 6.45) is 2.48. The van der Waals surface area contributed by atoms with Gasteiger partial charge in [-0.15, -0.1) is 0 Å². The van der Waals surface area contributed by atoms with Crippen molar-refractivity contribution < 1.29 is 17.6 Å². The normalized spacial score (nSPS) is 17.7. The van der Waals surface area contributed by atoms with Crippen molar-refractivity contribution in [3.8, 4) is 11.3 Å². The van der Waals surface area contributed by atoms with Gasteiger partial charge >= 0.3 is 0 Å². The fraction of sp³-hybridized carbons (Fsp3) is 0.350. The van der Waals surface area contributed by atoms with E-state index in [0.29, 0.717) is 51.6 Å². The number of sulfone groups is 1. The Balaban J connectivity index is 1.39. The van der Waals surface area contributed by atoms with Gasteiger partial charge < -0.3 is 9.73 Å². The summed E-state index contributed by atoms with van der Waals surface area (Å²) >= 11 is 12.1. The van der Waals surface area contributed by atoms with Crippen molar-refractivity contribution in [1.29, 1.82) is 0 Å². The van der Waals surface area contributed by atoms with E-state index < -0.39 is 9.84 Å². The van der Waals surface area contributed by atoms with Crippen LogP contribution >= 0.6 is 23.2 Å². The first-order valence-electron chi connectivity index (χ1n) is 9.67. The zero-order chi connectivity index (χ0) is 22.2. The van der Waals surface area contributed by atoms with Gasteiger partial charge in [-0.1, -0.05) is 23.2 Å². The van der Waals surface area contributed by atoms with Gasteiger partial charge in [0.25, 0.3) is 0 Å². The average molecular weight is 483 g/mol. The van der Waals surface area contributed by atoms with E-state index in [4.69, 9.17) is 27.6 Å². The summed E-state index contributed by atoms with van der Waals surface area (Å²) in [4.78, 5) is 16.7. The second-order valence-electron chi connectivity index (χ2n) is 7.46. The van der Waals surface area contributed by atoms with Gasteiger partial charge in [-0.25, -0.2) is 18.1 Å². The molecule has 0 spiro atoms. The van der Waals surface area contributed by atoms with Crippen LogP contribution in [0.4, 0.5) is 5.82 Å². The molecule has 1 atom stereocenters. The number of anilines is 1. The number of rotatable bonds is 6. The number of carbonyl (C=O) groups is 1. The summed E-state index contributed by atoms with van der Waals surface area (Å²) in [5.74, 6) is 1.31. The number of aromatic nitrogens is 3. The maximum absolute atomic E-state index is 12.5. The van der Waals surface area contributed by atoms with Crippen molar-refractivity contribution in [2.75, 3.05) is 16.8 Å². The molecule has 1 aliphatic heterocycles. The summed E-state index contributed by atoms with van der Waals surface area (Å²) in [6.45, 7) is 1.80. The number of carbonyl (C=O) groups excluding carboxylic acids is 1. The molecule has 0 radical (unpaired) electrons. The quantitative estimate of drug-likeness (QED) is 0.566. The van der Waals surface area contributed by atoms with Gasteiger partial charge in [-0.05, 0) is 31.5 Å². The van der Waals surface area contributed by atoms with Crippen LogP contribution in [0.25, 0.3) is 11.3 Å². The number of hydrogen-bond acceptors (Lipinski definition) is 6. The number of halogens is 2. The van der Waals surface area contributed by atoms with Crippen LogP contribution in [0, 0.1) is 6.92 Å². The lowest BCUT2D eigenvalue weighted by Gasteiger charge is -2.13. The number of aryl methyl sites for hydroxylation is 2. The first-order valence-corrected chi connectivity index (χ1v) is 12.2. The Morgan fingerprint density at radius 1 is 1.32 bits per heavy atom. The highest BCUT2D eigenvalue weighted by molar-refractivity contribution is 7.91. The molecule has 1 aliphatic rings. The minimum atomic E-state index is -3.06. The minimum Gasteiger partial charge on any atom is -0.441 e. The van der Waals surface area contributed by atoms with E-state index in [0.717, 1.165) is 0 Å². The molecule has 11 heteroatoms. The van der Waals surface area contributed by atoms with Crippen molar-refractivity contribution in [1.82, 2.24) is 14.8 Å². The van der Waals surface area contributed by atoms with E-state index in [9.17, 15) is 13.2 Å². The van der Waals surface area contributed by atoms with E-state index in [1.807, 2.05) is 0 Å². The molecule has 1 aromatic carbocycles. The third-order valence-corrected chi connectivity index (χ3v) is 7.29. The fourth-order valence-electron chi connectivity index (χ4n) is 3.52. The highest BCUT2D eigenvalue weighted by Gasteiger charge is 2.31. The van der Waals surface area contributed by atoms with Gasteiger partial charge in [0.15, 0.2) is 21.5 Å². The maximum atomic E-state index is 12.5. The van der Waals surface area contributed by atoms with Gasteiger partial charge in [0.2, 0.25) is 5.91 Å². The zero-order valence-corrected chi connectivity index (χ0v) is 19.0. The number of oxazole rings is 1. The Morgan fingerprint density at radius 2 is 2.13 bits per heavy atom. The smallest absolute Gasteiger partial charge is 0.226 e. The van der Waals surface area contributed by atoms with Crippen LogP contribution in [0.15, 0.2) is 34.9 Å². The Kier molecular flexibility index (Phi) is 6.09. The van der Waals surface area contributed by atoms with Crippen LogP contribution in [0.1, 0.15) is 30.5 Å². The average Bonchev–Trinajstić information content (AvgIpc) is 3.39. The SMILES string of the molecule is Cc1cc(NC(=O)CCc2ncc(-c3ccc(Cl)cc3Cl)o2)n(C2CCS(=O)(=O)C2)n1. The molecule has 1 saturated heterocycles. The molecule has 31 heavy (non-hydrogen) atoms. The molecule has 164 valence electrons. The predicted octanol–water partition coefficient (Wildman–Crippen LogP) is 4.08. The van der Waals surface area contributed by atoms with Crippen molar-refractivity contribution >= 4 is 44.8 Å². The monoisotopic (exact) mass is 482 g/mol. The van der Waals surface area contributed by atoms with E-state index in [1.54, 1.807) is 42.1 Å². The molecule has 0 aliphatic carbocycles. The number of amides is 1. The topological polar surface area (TPSA) is 107 Å². The highest BCUT2D eigenvalue weighted by Crippen LogP contribution is 2.31. The van der Waals surface area contributed by atoms with Crippen LogP contribution in [0.5, 0.6) is 0 Å². The minimum absolute atomic E-state index is 0.0311. The Bertz CT molecular complexity index is 1240. The molecule has 0 saturated carbocycles. The number of nitrogens with one attached hydrogen (secondary N) is 1. The molecule has 1 amide bonds. The molecule has 1 unspecified atom stereocenters.